The molecular weight excluding hydrogens is 324 g/mol. The van der Waals surface area contributed by atoms with Crippen LogP contribution in [0.5, 0.6) is 5.75 Å². The van der Waals surface area contributed by atoms with Gasteiger partial charge < -0.3 is 19.5 Å². The number of benzene rings is 1. The van der Waals surface area contributed by atoms with Gasteiger partial charge in [-0.2, -0.15) is 0 Å². The third-order valence-electron chi connectivity index (χ3n) is 4.42. The lowest BCUT2D eigenvalue weighted by Gasteiger charge is -2.29. The van der Waals surface area contributed by atoms with Gasteiger partial charge in [0.2, 0.25) is 5.91 Å². The van der Waals surface area contributed by atoms with E-state index in [1.807, 2.05) is 35.2 Å². The van der Waals surface area contributed by atoms with E-state index in [9.17, 15) is 4.79 Å². The molecule has 1 aromatic carbocycles. The molecule has 2 aliphatic heterocycles. The fourth-order valence-corrected chi connectivity index (χ4v) is 3.18. The Morgan fingerprint density at radius 1 is 1.28 bits per heavy atom. The molecule has 2 heterocycles. The Morgan fingerprint density at radius 2 is 2.00 bits per heavy atom. The van der Waals surface area contributed by atoms with Gasteiger partial charge >= 0.3 is 0 Å². The lowest BCUT2D eigenvalue weighted by atomic mass is 10.1. The summed E-state index contributed by atoms with van der Waals surface area (Å²) in [6, 6.07) is 9.95. The van der Waals surface area contributed by atoms with Crippen LogP contribution in [0, 0.1) is 5.92 Å². The van der Waals surface area contributed by atoms with Crippen LogP contribution >= 0.6 is 0 Å². The molecule has 3 rings (SSSR count). The summed E-state index contributed by atoms with van der Waals surface area (Å²) in [5, 5.41) is 6.89. The molecule has 1 amide bonds. The van der Waals surface area contributed by atoms with Crippen LogP contribution in [-0.2, 0) is 14.3 Å². The first-order valence-electron chi connectivity index (χ1n) is 8.45. The molecule has 2 bridgehead atoms. The Labute approximate surface area is 148 Å². The summed E-state index contributed by atoms with van der Waals surface area (Å²) in [5.41, 5.74) is 0. The Hall–Kier alpha value is -2.12. The molecule has 2 fully saturated rings. The van der Waals surface area contributed by atoms with Gasteiger partial charge in [-0.25, -0.2) is 0 Å². The first-order chi connectivity index (χ1) is 12.1. The maximum Gasteiger partial charge on any atom is 0.290 e. The third-order valence-corrected chi connectivity index (χ3v) is 4.42. The molecule has 1 N–H and O–H groups in total. The van der Waals surface area contributed by atoms with Crippen molar-refractivity contribution in [2.45, 2.75) is 12.5 Å². The summed E-state index contributed by atoms with van der Waals surface area (Å²) in [4.78, 5) is 25.1. The molecule has 7 nitrogen and oxygen atoms in total. The topological polar surface area (TPSA) is 79.3 Å². The van der Waals surface area contributed by atoms with Crippen LogP contribution in [0.3, 0.4) is 0 Å². The first-order valence-corrected chi connectivity index (χ1v) is 8.45. The lowest BCUT2D eigenvalue weighted by molar-refractivity contribution is -0.133. The highest BCUT2D eigenvalue weighted by Crippen LogP contribution is 2.19. The minimum absolute atomic E-state index is 0.183. The number of ether oxygens (including phenoxy) is 2. The smallest absolute Gasteiger partial charge is 0.290 e. The highest BCUT2D eigenvalue weighted by molar-refractivity contribution is 5.76. The predicted octanol–water partition coefficient (Wildman–Crippen LogP) is 0.945. The quantitative estimate of drug-likeness (QED) is 0.815. The molecule has 2 atom stereocenters. The first kappa shape index (κ1) is 19.2. The predicted molar refractivity (Wildman–Crippen MR) is 92.6 cm³/mol. The second-order valence-corrected chi connectivity index (χ2v) is 6.31. The van der Waals surface area contributed by atoms with E-state index in [0.29, 0.717) is 25.0 Å². The average Bonchev–Trinajstić information content (AvgIpc) is 2.85. The van der Waals surface area contributed by atoms with Crippen molar-refractivity contribution in [3.8, 4) is 5.75 Å². The molecule has 7 heteroatoms. The Kier molecular flexibility index (Phi) is 7.69. The number of likely N-dealkylation sites (N-methyl/N-ethyl adjacent to an activating group) is 1. The van der Waals surface area contributed by atoms with Crippen LogP contribution in [0.2, 0.25) is 0 Å². The Balaban J connectivity index is 0.000000701. The molecule has 0 spiro atoms. The highest BCUT2D eigenvalue weighted by atomic mass is 16.5. The number of carboxylic acid groups (broad SMARTS) is 1. The van der Waals surface area contributed by atoms with Crippen molar-refractivity contribution in [2.75, 3.05) is 46.5 Å². The van der Waals surface area contributed by atoms with Gasteiger partial charge in [0.05, 0.1) is 32.3 Å². The molecule has 0 unspecified atom stereocenters. The van der Waals surface area contributed by atoms with Crippen LogP contribution in [0.25, 0.3) is 0 Å². The second-order valence-electron chi connectivity index (χ2n) is 6.31. The number of fused-ring (bicyclic) bond motifs is 3. The minimum Gasteiger partial charge on any atom is -0.493 e. The van der Waals surface area contributed by atoms with Gasteiger partial charge in [0.25, 0.3) is 6.47 Å². The zero-order chi connectivity index (χ0) is 18.1. The van der Waals surface area contributed by atoms with Crippen LogP contribution in [0.15, 0.2) is 30.3 Å². The van der Waals surface area contributed by atoms with Crippen molar-refractivity contribution < 1.29 is 24.2 Å². The van der Waals surface area contributed by atoms with Crippen molar-refractivity contribution in [1.29, 1.82) is 0 Å². The number of rotatable bonds is 4. The monoisotopic (exact) mass is 350 g/mol. The van der Waals surface area contributed by atoms with E-state index in [2.05, 4.69) is 11.9 Å². The van der Waals surface area contributed by atoms with Crippen LogP contribution in [-0.4, -0.2) is 79.8 Å². The van der Waals surface area contributed by atoms with E-state index in [1.165, 1.54) is 0 Å². The number of carbonyl (C=O) groups excluding carboxylic acids is 1. The maximum absolute atomic E-state index is 12.5. The average molecular weight is 350 g/mol. The van der Waals surface area contributed by atoms with Gasteiger partial charge in [-0.05, 0) is 19.2 Å². The molecule has 0 aromatic heterocycles. The molecule has 0 aliphatic carbocycles. The summed E-state index contributed by atoms with van der Waals surface area (Å²) in [5.74, 6) is 1.41. The normalized spacial score (nSPS) is 23.0. The van der Waals surface area contributed by atoms with Gasteiger partial charge in [-0.15, -0.1) is 0 Å². The van der Waals surface area contributed by atoms with Crippen LogP contribution < -0.4 is 4.74 Å². The lowest BCUT2D eigenvalue weighted by Crippen LogP contribution is -2.45. The number of hydrogen-bond donors (Lipinski definition) is 1. The molecule has 25 heavy (non-hydrogen) atoms. The number of nitrogens with zero attached hydrogens (tertiary/aromatic N) is 2. The fourth-order valence-electron chi connectivity index (χ4n) is 3.18. The van der Waals surface area contributed by atoms with E-state index in [0.717, 1.165) is 38.6 Å². The van der Waals surface area contributed by atoms with Crippen LogP contribution in [0.4, 0.5) is 0 Å². The number of hydrogen-bond acceptors (Lipinski definition) is 5. The number of amides is 1. The van der Waals surface area contributed by atoms with E-state index in [1.54, 1.807) is 0 Å². The summed E-state index contributed by atoms with van der Waals surface area (Å²) in [6.07, 6.45) is 0.429. The molecule has 1 aromatic rings. The summed E-state index contributed by atoms with van der Waals surface area (Å²) in [7, 11) is 2.12. The Bertz CT molecular complexity index is 540. The van der Waals surface area contributed by atoms with Crippen molar-refractivity contribution in [3.05, 3.63) is 30.3 Å². The van der Waals surface area contributed by atoms with Crippen molar-refractivity contribution in [1.82, 2.24) is 9.80 Å². The largest absolute Gasteiger partial charge is 0.493 e. The zero-order valence-electron chi connectivity index (χ0n) is 14.5. The van der Waals surface area contributed by atoms with E-state index in [-0.39, 0.29) is 12.4 Å². The summed E-state index contributed by atoms with van der Waals surface area (Å²) >= 11 is 0. The van der Waals surface area contributed by atoms with Crippen LogP contribution in [0.1, 0.15) is 6.42 Å². The van der Waals surface area contributed by atoms with Crippen molar-refractivity contribution in [3.63, 3.8) is 0 Å². The maximum atomic E-state index is 12.5. The molecular formula is C18H26N2O5. The third kappa shape index (κ3) is 6.03. The number of carbonyl (C=O) groups is 2. The van der Waals surface area contributed by atoms with Gasteiger partial charge in [0.1, 0.15) is 5.75 Å². The van der Waals surface area contributed by atoms with Gasteiger partial charge in [-0.3, -0.25) is 14.5 Å². The summed E-state index contributed by atoms with van der Waals surface area (Å²) in [6.45, 7) is 4.22. The Morgan fingerprint density at radius 3 is 2.72 bits per heavy atom. The van der Waals surface area contributed by atoms with Gasteiger partial charge in [-0.1, -0.05) is 18.2 Å². The second kappa shape index (κ2) is 10.0. The van der Waals surface area contributed by atoms with Crippen molar-refractivity contribution >= 4 is 12.4 Å². The van der Waals surface area contributed by atoms with E-state index >= 15 is 0 Å². The van der Waals surface area contributed by atoms with Gasteiger partial charge in [0.15, 0.2) is 0 Å². The molecule has 2 aliphatic rings. The zero-order valence-corrected chi connectivity index (χ0v) is 14.5. The van der Waals surface area contributed by atoms with Crippen molar-refractivity contribution in [2.24, 2.45) is 5.92 Å². The fraction of sp³-hybridized carbons (Fsp3) is 0.556. The minimum atomic E-state index is -0.250. The standard InChI is InChI=1S/C17H24N2O3.CH2O2/c1-18-9-14-10-19(11-15(18)13-21-12-14)17(20)7-8-22-16-5-3-2-4-6-16;2-1-3/h2-6,14-15H,7-13H2,1H3;1H,(H,2,3)/t14-,15+;/m1./s1. The molecule has 0 radical (unpaired) electrons. The summed E-state index contributed by atoms with van der Waals surface area (Å²) < 4.78 is 11.3. The van der Waals surface area contributed by atoms with E-state index in [4.69, 9.17) is 19.4 Å². The molecule has 138 valence electrons. The number of para-hydroxylation sites is 1. The SMILES string of the molecule is CN1C[C@H]2COC[C@@H]1CN(C(=O)CCOc1ccccc1)C2.O=CO. The van der Waals surface area contributed by atoms with Gasteiger partial charge in [0, 0.05) is 25.6 Å². The molecule has 0 saturated carbocycles. The van der Waals surface area contributed by atoms with E-state index < -0.39 is 0 Å². The highest BCUT2D eigenvalue weighted by Gasteiger charge is 2.33. The molecule has 2 saturated heterocycles.